The van der Waals surface area contributed by atoms with Crippen LogP contribution < -0.4 is 0 Å². The molecule has 2 heteroatoms. The van der Waals surface area contributed by atoms with Gasteiger partial charge in [0.1, 0.15) is 5.75 Å². The van der Waals surface area contributed by atoms with Crippen molar-refractivity contribution in [2.45, 2.75) is 46.6 Å². The Morgan fingerprint density at radius 2 is 1.84 bits per heavy atom. The Morgan fingerprint density at radius 1 is 1.21 bits per heavy atom. The van der Waals surface area contributed by atoms with Gasteiger partial charge in [0.05, 0.1) is 0 Å². The molecule has 19 heavy (non-hydrogen) atoms. The molecule has 0 amide bonds. The van der Waals surface area contributed by atoms with Crippen molar-refractivity contribution in [3.8, 4) is 5.75 Å². The van der Waals surface area contributed by atoms with Gasteiger partial charge in [-0.1, -0.05) is 32.9 Å². The smallest absolute Gasteiger partial charge is 0.115 e. The van der Waals surface area contributed by atoms with E-state index < -0.39 is 0 Å². The fourth-order valence-corrected chi connectivity index (χ4v) is 3.15. The van der Waals surface area contributed by atoms with E-state index in [1.54, 1.807) is 6.07 Å². The molecule has 1 unspecified atom stereocenters. The molecule has 0 saturated carbocycles. The van der Waals surface area contributed by atoms with E-state index in [-0.39, 0.29) is 0 Å². The molecule has 2 rings (SSSR count). The van der Waals surface area contributed by atoms with Crippen molar-refractivity contribution in [2.24, 2.45) is 11.3 Å². The number of likely N-dealkylation sites (tertiary alicyclic amines) is 1. The minimum absolute atomic E-state index is 0.369. The summed E-state index contributed by atoms with van der Waals surface area (Å²) < 4.78 is 0. The molecular weight excluding hydrogens is 234 g/mol. The van der Waals surface area contributed by atoms with Gasteiger partial charge in [-0.05, 0) is 61.9 Å². The van der Waals surface area contributed by atoms with Gasteiger partial charge in [0.25, 0.3) is 0 Å². The zero-order chi connectivity index (χ0) is 14.0. The summed E-state index contributed by atoms with van der Waals surface area (Å²) in [6.07, 6.45) is 2.57. The molecule has 1 aliphatic heterocycles. The number of aromatic hydroxyl groups is 1. The molecule has 0 aromatic heterocycles. The highest BCUT2D eigenvalue weighted by Crippen LogP contribution is 2.36. The lowest BCUT2D eigenvalue weighted by atomic mass is 9.75. The second-order valence-corrected chi connectivity index (χ2v) is 6.95. The zero-order valence-corrected chi connectivity index (χ0v) is 12.7. The number of phenols is 1. The van der Waals surface area contributed by atoms with Crippen LogP contribution in [0.4, 0.5) is 0 Å². The van der Waals surface area contributed by atoms with E-state index in [4.69, 9.17) is 0 Å². The normalized spacial score (nSPS) is 20.4. The predicted octanol–water partition coefficient (Wildman–Crippen LogP) is 4.21. The summed E-state index contributed by atoms with van der Waals surface area (Å²) in [5, 5.41) is 9.59. The van der Waals surface area contributed by atoms with Gasteiger partial charge in [0.2, 0.25) is 0 Å². The van der Waals surface area contributed by atoms with E-state index in [1.165, 1.54) is 31.5 Å². The summed E-state index contributed by atoms with van der Waals surface area (Å²) in [4.78, 5) is 2.54. The largest absolute Gasteiger partial charge is 0.508 e. The first kappa shape index (κ1) is 14.4. The predicted molar refractivity (Wildman–Crippen MR) is 80.3 cm³/mol. The molecule has 1 saturated heterocycles. The Labute approximate surface area is 117 Å². The summed E-state index contributed by atoms with van der Waals surface area (Å²) in [5.74, 6) is 1.20. The third-order valence-corrected chi connectivity index (χ3v) is 4.65. The van der Waals surface area contributed by atoms with E-state index in [1.807, 2.05) is 12.1 Å². The number of piperidine rings is 1. The Kier molecular flexibility index (Phi) is 4.19. The Balaban J connectivity index is 1.98. The molecule has 0 aliphatic carbocycles. The maximum Gasteiger partial charge on any atom is 0.115 e. The number of rotatable bonds is 2. The van der Waals surface area contributed by atoms with Crippen LogP contribution in [0.25, 0.3) is 0 Å². The highest BCUT2D eigenvalue weighted by Gasteiger charge is 2.30. The van der Waals surface area contributed by atoms with Crippen molar-refractivity contribution in [3.63, 3.8) is 0 Å². The second-order valence-electron chi connectivity index (χ2n) is 6.95. The van der Waals surface area contributed by atoms with E-state index in [0.717, 1.165) is 5.92 Å². The molecule has 1 aromatic carbocycles. The lowest BCUT2D eigenvalue weighted by molar-refractivity contribution is 0.0877. The van der Waals surface area contributed by atoms with E-state index >= 15 is 0 Å². The Morgan fingerprint density at radius 3 is 2.37 bits per heavy atom. The molecule has 1 N–H and O–H groups in total. The first-order valence-electron chi connectivity index (χ1n) is 7.41. The van der Waals surface area contributed by atoms with Crippen LogP contribution in [-0.2, 0) is 0 Å². The molecule has 1 fully saturated rings. The van der Waals surface area contributed by atoms with E-state index in [2.05, 4.69) is 38.7 Å². The maximum absolute atomic E-state index is 9.59. The molecular formula is C17H27NO. The highest BCUT2D eigenvalue weighted by molar-refractivity contribution is 5.29. The molecule has 2 nitrogen and oxygen atoms in total. The summed E-state index contributed by atoms with van der Waals surface area (Å²) in [5.41, 5.74) is 1.65. The van der Waals surface area contributed by atoms with Crippen LogP contribution in [0.15, 0.2) is 24.3 Å². The van der Waals surface area contributed by atoms with Crippen molar-refractivity contribution in [3.05, 3.63) is 29.8 Å². The number of hydrogen-bond acceptors (Lipinski definition) is 2. The van der Waals surface area contributed by atoms with Crippen molar-refractivity contribution in [1.82, 2.24) is 4.90 Å². The second kappa shape index (κ2) is 5.54. The zero-order valence-electron chi connectivity index (χ0n) is 12.7. The lowest BCUT2D eigenvalue weighted by Gasteiger charge is -2.41. The SMILES string of the molecule is CC(c1cccc(O)c1)N1CCC(C(C)(C)C)CC1. The van der Waals surface area contributed by atoms with Crippen LogP contribution in [0.5, 0.6) is 5.75 Å². The van der Waals surface area contributed by atoms with Gasteiger partial charge in [-0.3, -0.25) is 4.90 Å². The van der Waals surface area contributed by atoms with Gasteiger partial charge < -0.3 is 5.11 Å². The topological polar surface area (TPSA) is 23.5 Å². The standard InChI is InChI=1S/C17H27NO/c1-13(14-6-5-7-16(19)12-14)18-10-8-15(9-11-18)17(2,3)4/h5-7,12-13,15,19H,8-11H2,1-4H3. The lowest BCUT2D eigenvalue weighted by Crippen LogP contribution is -2.39. The maximum atomic E-state index is 9.59. The van der Waals surface area contributed by atoms with Crippen LogP contribution in [0, 0.1) is 11.3 Å². The Bertz CT molecular complexity index is 414. The van der Waals surface area contributed by atoms with Crippen LogP contribution in [-0.4, -0.2) is 23.1 Å². The summed E-state index contributed by atoms with van der Waals surface area (Å²) in [6.45, 7) is 11.6. The van der Waals surface area contributed by atoms with Gasteiger partial charge in [-0.15, -0.1) is 0 Å². The number of phenolic OH excluding ortho intramolecular Hbond substituents is 1. The summed E-state index contributed by atoms with van der Waals surface area (Å²) >= 11 is 0. The monoisotopic (exact) mass is 261 g/mol. The van der Waals surface area contributed by atoms with Gasteiger partial charge in [0.15, 0.2) is 0 Å². The third-order valence-electron chi connectivity index (χ3n) is 4.65. The number of benzene rings is 1. The number of hydrogen-bond donors (Lipinski definition) is 1. The van der Waals surface area contributed by atoms with Crippen LogP contribution >= 0.6 is 0 Å². The van der Waals surface area contributed by atoms with Gasteiger partial charge in [0, 0.05) is 6.04 Å². The molecule has 0 spiro atoms. The molecule has 0 radical (unpaired) electrons. The summed E-state index contributed by atoms with van der Waals surface area (Å²) in [6, 6.07) is 8.07. The van der Waals surface area contributed by atoms with Crippen molar-refractivity contribution in [2.75, 3.05) is 13.1 Å². The molecule has 1 aromatic rings. The van der Waals surface area contributed by atoms with Crippen LogP contribution in [0.2, 0.25) is 0 Å². The first-order chi connectivity index (χ1) is 8.88. The molecule has 0 bridgehead atoms. The minimum Gasteiger partial charge on any atom is -0.508 e. The minimum atomic E-state index is 0.369. The average Bonchev–Trinajstić information content (AvgIpc) is 2.37. The van der Waals surface area contributed by atoms with Crippen molar-refractivity contribution in [1.29, 1.82) is 0 Å². The highest BCUT2D eigenvalue weighted by atomic mass is 16.3. The van der Waals surface area contributed by atoms with Crippen LogP contribution in [0.1, 0.15) is 52.1 Å². The van der Waals surface area contributed by atoms with Gasteiger partial charge >= 0.3 is 0 Å². The molecule has 1 atom stereocenters. The first-order valence-corrected chi connectivity index (χ1v) is 7.41. The fourth-order valence-electron chi connectivity index (χ4n) is 3.15. The van der Waals surface area contributed by atoms with Crippen LogP contribution in [0.3, 0.4) is 0 Å². The van der Waals surface area contributed by atoms with Gasteiger partial charge in [-0.2, -0.15) is 0 Å². The van der Waals surface area contributed by atoms with E-state index in [0.29, 0.717) is 17.2 Å². The fraction of sp³-hybridized carbons (Fsp3) is 0.647. The number of nitrogens with zero attached hydrogens (tertiary/aromatic N) is 1. The van der Waals surface area contributed by atoms with Crippen molar-refractivity contribution < 1.29 is 5.11 Å². The molecule has 1 heterocycles. The third kappa shape index (κ3) is 3.50. The van der Waals surface area contributed by atoms with Crippen molar-refractivity contribution >= 4 is 0 Å². The van der Waals surface area contributed by atoms with Gasteiger partial charge in [-0.25, -0.2) is 0 Å². The van der Waals surface area contributed by atoms with E-state index in [9.17, 15) is 5.11 Å². The average molecular weight is 261 g/mol. The molecule has 106 valence electrons. The molecule has 1 aliphatic rings. The Hall–Kier alpha value is -1.02. The quantitative estimate of drug-likeness (QED) is 0.862. The summed E-state index contributed by atoms with van der Waals surface area (Å²) in [7, 11) is 0.